The highest BCUT2D eigenvalue weighted by Gasteiger charge is 2.46. The quantitative estimate of drug-likeness (QED) is 0.274. The number of ketones is 1. The molecule has 2 N–H and O–H groups in total. The third-order valence-corrected chi connectivity index (χ3v) is 5.52. The van der Waals surface area contributed by atoms with E-state index in [0.29, 0.717) is 24.2 Å². The van der Waals surface area contributed by atoms with Gasteiger partial charge in [-0.3, -0.25) is 9.59 Å². The van der Waals surface area contributed by atoms with Gasteiger partial charge in [-0.05, 0) is 34.9 Å². The molecule has 158 valence electrons. The van der Waals surface area contributed by atoms with E-state index in [4.69, 9.17) is 4.74 Å². The Bertz CT molecular complexity index is 1180. The number of hydrogen-bond donors (Lipinski definition) is 2. The average Bonchev–Trinajstić information content (AvgIpc) is 3.03. The monoisotopic (exact) mass is 417 g/mol. The molecule has 1 aliphatic rings. The van der Waals surface area contributed by atoms with Crippen LogP contribution in [0.2, 0.25) is 0 Å². The minimum atomic E-state index is -0.803. The highest BCUT2D eigenvalue weighted by molar-refractivity contribution is 6.46. The zero-order valence-corrected chi connectivity index (χ0v) is 17.1. The molecule has 1 saturated heterocycles. The third kappa shape index (κ3) is 3.78. The number of fused-ring (bicyclic) bond motifs is 1. The van der Waals surface area contributed by atoms with Crippen LogP contribution in [0.3, 0.4) is 0 Å². The van der Waals surface area contributed by atoms with Gasteiger partial charge in [-0.2, -0.15) is 0 Å². The van der Waals surface area contributed by atoms with Gasteiger partial charge >= 0.3 is 0 Å². The highest BCUT2D eigenvalue weighted by Crippen LogP contribution is 2.41. The standard InChI is InChI=1S/C25H23NO5/c1-31-14-6-13-26-22(17-9-4-10-18(27)15-17)21(24(29)25(26)30)23(28)20-12-5-8-16-7-2-3-11-19(16)20/h2-5,7-12,15,22,27-28H,6,13-14H2,1H3/b23-21-. The Morgan fingerprint density at radius 1 is 1.03 bits per heavy atom. The lowest BCUT2D eigenvalue weighted by molar-refractivity contribution is -0.140. The van der Waals surface area contributed by atoms with Gasteiger partial charge in [-0.25, -0.2) is 0 Å². The van der Waals surface area contributed by atoms with Crippen molar-refractivity contribution in [3.8, 4) is 5.75 Å². The van der Waals surface area contributed by atoms with E-state index in [1.807, 2.05) is 30.3 Å². The van der Waals surface area contributed by atoms with E-state index in [0.717, 1.165) is 10.8 Å². The third-order valence-electron chi connectivity index (χ3n) is 5.52. The molecular weight excluding hydrogens is 394 g/mol. The number of aliphatic hydroxyl groups is 1. The number of likely N-dealkylation sites (tertiary alicyclic amines) is 1. The van der Waals surface area contributed by atoms with Crippen LogP contribution in [0.15, 0.2) is 72.3 Å². The predicted molar refractivity (Wildman–Crippen MR) is 118 cm³/mol. The van der Waals surface area contributed by atoms with Crippen molar-refractivity contribution in [1.82, 2.24) is 4.90 Å². The molecule has 0 spiro atoms. The number of ether oxygens (including phenoxy) is 1. The molecule has 0 radical (unpaired) electrons. The van der Waals surface area contributed by atoms with Crippen LogP contribution in [-0.2, 0) is 14.3 Å². The van der Waals surface area contributed by atoms with E-state index in [9.17, 15) is 19.8 Å². The first-order valence-electron chi connectivity index (χ1n) is 10.1. The van der Waals surface area contributed by atoms with Crippen LogP contribution >= 0.6 is 0 Å². The fourth-order valence-electron chi connectivity index (χ4n) is 4.11. The van der Waals surface area contributed by atoms with Crippen molar-refractivity contribution in [1.29, 1.82) is 0 Å². The Hall–Kier alpha value is -3.64. The second-order valence-corrected chi connectivity index (χ2v) is 7.46. The zero-order chi connectivity index (χ0) is 22.0. The highest BCUT2D eigenvalue weighted by atomic mass is 16.5. The summed E-state index contributed by atoms with van der Waals surface area (Å²) in [6.07, 6.45) is 0.535. The first-order chi connectivity index (χ1) is 15.0. The lowest BCUT2D eigenvalue weighted by Gasteiger charge is -2.25. The van der Waals surface area contributed by atoms with Crippen molar-refractivity contribution in [2.75, 3.05) is 20.3 Å². The average molecular weight is 417 g/mol. The van der Waals surface area contributed by atoms with Crippen LogP contribution in [0.25, 0.3) is 16.5 Å². The maximum absolute atomic E-state index is 13.1. The molecule has 0 aliphatic carbocycles. The van der Waals surface area contributed by atoms with E-state index in [1.54, 1.807) is 31.4 Å². The number of carbonyl (C=O) groups excluding carboxylic acids is 2. The largest absolute Gasteiger partial charge is 0.508 e. The van der Waals surface area contributed by atoms with Gasteiger partial charge in [0.05, 0.1) is 11.6 Å². The van der Waals surface area contributed by atoms with Crippen molar-refractivity contribution in [2.24, 2.45) is 0 Å². The second-order valence-electron chi connectivity index (χ2n) is 7.46. The SMILES string of the molecule is COCCCN1C(=O)C(=O)/C(=C(\O)c2cccc3ccccc23)C1c1cccc(O)c1. The van der Waals surface area contributed by atoms with Gasteiger partial charge in [0.1, 0.15) is 11.5 Å². The molecule has 6 nitrogen and oxygen atoms in total. The summed E-state index contributed by atoms with van der Waals surface area (Å²) in [5.41, 5.74) is 1.06. The summed E-state index contributed by atoms with van der Waals surface area (Å²) in [4.78, 5) is 27.4. The minimum Gasteiger partial charge on any atom is -0.508 e. The molecule has 0 bridgehead atoms. The van der Waals surface area contributed by atoms with Gasteiger partial charge < -0.3 is 19.8 Å². The molecule has 6 heteroatoms. The van der Waals surface area contributed by atoms with Gasteiger partial charge in [0.15, 0.2) is 0 Å². The maximum Gasteiger partial charge on any atom is 0.295 e. The van der Waals surface area contributed by atoms with Gasteiger partial charge in [0.25, 0.3) is 11.7 Å². The van der Waals surface area contributed by atoms with Crippen molar-refractivity contribution in [3.63, 3.8) is 0 Å². The molecule has 1 atom stereocenters. The Morgan fingerprint density at radius 2 is 1.77 bits per heavy atom. The number of Topliss-reactive ketones (excluding diaryl/α,β-unsaturated/α-hetero) is 1. The summed E-state index contributed by atoms with van der Waals surface area (Å²) in [6, 6.07) is 18.6. The van der Waals surface area contributed by atoms with E-state index < -0.39 is 17.7 Å². The summed E-state index contributed by atoms with van der Waals surface area (Å²) in [5.74, 6) is -1.62. The Kier molecular flexibility index (Phi) is 5.73. The number of rotatable bonds is 6. The molecule has 0 aromatic heterocycles. The van der Waals surface area contributed by atoms with Crippen LogP contribution in [0.4, 0.5) is 0 Å². The number of phenols is 1. The van der Waals surface area contributed by atoms with Crippen molar-refractivity contribution in [2.45, 2.75) is 12.5 Å². The number of nitrogens with zero attached hydrogens (tertiary/aromatic N) is 1. The van der Waals surface area contributed by atoms with Gasteiger partial charge in [-0.1, -0.05) is 54.6 Å². The van der Waals surface area contributed by atoms with Crippen molar-refractivity contribution in [3.05, 3.63) is 83.4 Å². The number of methoxy groups -OCH3 is 1. The molecule has 0 saturated carbocycles. The molecule has 1 heterocycles. The molecule has 1 aliphatic heterocycles. The van der Waals surface area contributed by atoms with Crippen LogP contribution in [0.5, 0.6) is 5.75 Å². The van der Waals surface area contributed by atoms with E-state index in [1.165, 1.54) is 17.0 Å². The molecule has 3 aromatic rings. The number of carbonyl (C=O) groups is 2. The fourth-order valence-corrected chi connectivity index (χ4v) is 4.11. The van der Waals surface area contributed by atoms with Gasteiger partial charge in [0, 0.05) is 25.8 Å². The molecule has 3 aromatic carbocycles. The van der Waals surface area contributed by atoms with Crippen molar-refractivity contribution < 1.29 is 24.5 Å². The molecule has 1 amide bonds. The molecule has 1 fully saturated rings. The van der Waals surface area contributed by atoms with E-state index >= 15 is 0 Å². The molecule has 4 rings (SSSR count). The van der Waals surface area contributed by atoms with Gasteiger partial charge in [-0.15, -0.1) is 0 Å². The summed E-state index contributed by atoms with van der Waals surface area (Å²) in [5, 5.41) is 23.0. The Labute approximate surface area is 180 Å². The Balaban J connectivity index is 1.90. The summed E-state index contributed by atoms with van der Waals surface area (Å²) in [6.45, 7) is 0.712. The minimum absolute atomic E-state index is 0.0179. The van der Waals surface area contributed by atoms with E-state index in [2.05, 4.69) is 0 Å². The second kappa shape index (κ2) is 8.62. The van der Waals surface area contributed by atoms with Crippen LogP contribution in [-0.4, -0.2) is 47.1 Å². The predicted octanol–water partition coefficient (Wildman–Crippen LogP) is 4.00. The molecular formula is C25H23NO5. The van der Waals surface area contributed by atoms with Gasteiger partial charge in [0.2, 0.25) is 0 Å². The lowest BCUT2D eigenvalue weighted by atomic mass is 9.93. The summed E-state index contributed by atoms with van der Waals surface area (Å²) >= 11 is 0. The van der Waals surface area contributed by atoms with Crippen LogP contribution in [0, 0.1) is 0 Å². The number of benzene rings is 3. The Morgan fingerprint density at radius 3 is 2.55 bits per heavy atom. The number of aliphatic hydroxyl groups excluding tert-OH is 1. The summed E-state index contributed by atoms with van der Waals surface area (Å²) < 4.78 is 5.09. The number of phenolic OH excluding ortho intramolecular Hbond substituents is 1. The summed E-state index contributed by atoms with van der Waals surface area (Å²) in [7, 11) is 1.57. The van der Waals surface area contributed by atoms with Crippen LogP contribution in [0.1, 0.15) is 23.6 Å². The number of aromatic hydroxyl groups is 1. The fraction of sp³-hybridized carbons (Fsp3) is 0.200. The van der Waals surface area contributed by atoms with Crippen molar-refractivity contribution >= 4 is 28.2 Å². The molecule has 31 heavy (non-hydrogen) atoms. The first-order valence-corrected chi connectivity index (χ1v) is 10.1. The molecule has 1 unspecified atom stereocenters. The smallest absolute Gasteiger partial charge is 0.295 e. The normalized spacial score (nSPS) is 18.1. The maximum atomic E-state index is 13.1. The number of hydrogen-bond acceptors (Lipinski definition) is 5. The topological polar surface area (TPSA) is 87.1 Å². The first kappa shape index (κ1) is 20.6. The zero-order valence-electron chi connectivity index (χ0n) is 17.1. The van der Waals surface area contributed by atoms with E-state index in [-0.39, 0.29) is 23.6 Å². The lowest BCUT2D eigenvalue weighted by Crippen LogP contribution is -2.31. The number of amides is 1. The van der Waals surface area contributed by atoms with Crippen LogP contribution < -0.4 is 0 Å².